The van der Waals surface area contributed by atoms with E-state index in [1.807, 2.05) is 6.07 Å². The topological polar surface area (TPSA) is 92.9 Å². The van der Waals surface area contributed by atoms with Crippen LogP contribution in [-0.4, -0.2) is 84.2 Å². The van der Waals surface area contributed by atoms with Crippen molar-refractivity contribution in [1.82, 2.24) is 19.9 Å². The molecular formula is C23H28F3N7O2. The molecule has 6 heterocycles. The second-order valence-corrected chi connectivity index (χ2v) is 9.89. The zero-order valence-electron chi connectivity index (χ0n) is 19.4. The molecule has 0 radical (unpaired) electrons. The molecule has 1 saturated carbocycles. The van der Waals surface area contributed by atoms with Gasteiger partial charge in [0.05, 0.1) is 12.3 Å². The zero-order valence-corrected chi connectivity index (χ0v) is 19.4. The van der Waals surface area contributed by atoms with Gasteiger partial charge in [-0.15, -0.1) is 13.2 Å². The van der Waals surface area contributed by atoms with Crippen molar-refractivity contribution in [2.75, 3.05) is 55.4 Å². The van der Waals surface area contributed by atoms with Crippen LogP contribution in [0, 0.1) is 5.92 Å². The first-order valence-electron chi connectivity index (χ1n) is 11.9. The number of methoxy groups -OCH3 is 1. The second kappa shape index (κ2) is 8.37. The maximum atomic E-state index is 12.9. The van der Waals surface area contributed by atoms with Crippen LogP contribution in [0.1, 0.15) is 19.3 Å². The molecule has 35 heavy (non-hydrogen) atoms. The normalized spacial score (nSPS) is 27.5. The third-order valence-corrected chi connectivity index (χ3v) is 7.70. The average molecular weight is 492 g/mol. The highest BCUT2D eigenvalue weighted by molar-refractivity contribution is 5.68. The molecule has 0 unspecified atom stereocenters. The molecule has 7 rings (SSSR count). The monoisotopic (exact) mass is 491 g/mol. The number of likely N-dealkylation sites (tertiary alicyclic amines) is 1. The van der Waals surface area contributed by atoms with E-state index in [1.165, 1.54) is 12.3 Å². The fraction of sp³-hybridized carbons (Fsp3) is 0.609. The minimum absolute atomic E-state index is 0.325. The number of ether oxygens (including phenoxy) is 2. The lowest BCUT2D eigenvalue weighted by Gasteiger charge is -2.35. The van der Waals surface area contributed by atoms with Gasteiger partial charge >= 0.3 is 6.36 Å². The summed E-state index contributed by atoms with van der Waals surface area (Å²) in [5, 5.41) is 0. The average Bonchev–Trinajstić information content (AvgIpc) is 3.57. The van der Waals surface area contributed by atoms with E-state index in [-0.39, 0.29) is 5.82 Å². The summed E-state index contributed by atoms with van der Waals surface area (Å²) in [6.07, 6.45) is -0.102. The van der Waals surface area contributed by atoms with Crippen LogP contribution in [0.25, 0.3) is 11.3 Å². The molecule has 2 N–H and O–H groups in total. The number of aromatic nitrogens is 3. The lowest BCUT2D eigenvalue weighted by Crippen LogP contribution is -2.47. The van der Waals surface area contributed by atoms with Gasteiger partial charge in [0.25, 0.3) is 0 Å². The minimum Gasteiger partial charge on any atom is -0.402 e. The number of halogens is 3. The van der Waals surface area contributed by atoms with Crippen molar-refractivity contribution in [3.8, 4) is 17.0 Å². The maximum Gasteiger partial charge on any atom is 0.573 e. The Kier molecular flexibility index (Phi) is 5.40. The van der Waals surface area contributed by atoms with Crippen LogP contribution in [0.5, 0.6) is 5.75 Å². The Bertz CT molecular complexity index is 1110. The van der Waals surface area contributed by atoms with Gasteiger partial charge in [0.1, 0.15) is 5.82 Å². The molecule has 2 aromatic rings. The Morgan fingerprint density at radius 3 is 2.51 bits per heavy atom. The molecule has 0 amide bonds. The van der Waals surface area contributed by atoms with E-state index >= 15 is 0 Å². The number of nitrogens with two attached hydrogens (primary N) is 1. The summed E-state index contributed by atoms with van der Waals surface area (Å²) in [7, 11) is 1.71. The third-order valence-electron chi connectivity index (χ3n) is 7.70. The Balaban J connectivity index is 1.33. The molecule has 0 aromatic carbocycles. The molecular weight excluding hydrogens is 463 g/mol. The first-order chi connectivity index (χ1) is 16.8. The van der Waals surface area contributed by atoms with Crippen LogP contribution in [0.3, 0.4) is 0 Å². The summed E-state index contributed by atoms with van der Waals surface area (Å²) in [5.41, 5.74) is 6.56. The van der Waals surface area contributed by atoms with E-state index in [0.29, 0.717) is 47.9 Å². The first kappa shape index (κ1) is 22.6. The smallest absolute Gasteiger partial charge is 0.402 e. The van der Waals surface area contributed by atoms with Crippen molar-refractivity contribution in [2.45, 2.75) is 43.8 Å². The SMILES string of the molecule is COCCN1C[C@@H]2C[C@H]1CN2c1cc(-c2cnc(N)c(OC(F)(F)F)c2)nc(N2CC3CC2C3)n1. The molecule has 5 aliphatic rings. The Morgan fingerprint density at radius 2 is 1.86 bits per heavy atom. The molecule has 12 heteroatoms. The highest BCUT2D eigenvalue weighted by atomic mass is 19.4. The van der Waals surface area contributed by atoms with Gasteiger partial charge in [0.15, 0.2) is 11.6 Å². The van der Waals surface area contributed by atoms with Crippen molar-refractivity contribution in [3.05, 3.63) is 18.3 Å². The van der Waals surface area contributed by atoms with E-state index in [2.05, 4.69) is 24.4 Å². The van der Waals surface area contributed by atoms with E-state index in [0.717, 1.165) is 51.3 Å². The molecule has 5 fully saturated rings. The van der Waals surface area contributed by atoms with Crippen LogP contribution in [-0.2, 0) is 4.74 Å². The van der Waals surface area contributed by atoms with Gasteiger partial charge in [-0.05, 0) is 31.2 Å². The van der Waals surface area contributed by atoms with Gasteiger partial charge in [0, 0.05) is 69.2 Å². The first-order valence-corrected chi connectivity index (χ1v) is 11.9. The summed E-state index contributed by atoms with van der Waals surface area (Å²) in [4.78, 5) is 20.6. The predicted molar refractivity (Wildman–Crippen MR) is 123 cm³/mol. The van der Waals surface area contributed by atoms with Gasteiger partial charge in [-0.3, -0.25) is 4.90 Å². The number of piperazine rings is 1. The predicted octanol–water partition coefficient (Wildman–Crippen LogP) is 2.53. The lowest BCUT2D eigenvalue weighted by atomic mass is 9.86. The summed E-state index contributed by atoms with van der Waals surface area (Å²) in [6.45, 7) is 4.30. The van der Waals surface area contributed by atoms with E-state index in [4.69, 9.17) is 20.4 Å². The van der Waals surface area contributed by atoms with Crippen LogP contribution in [0.2, 0.25) is 0 Å². The van der Waals surface area contributed by atoms with Crippen molar-refractivity contribution in [2.24, 2.45) is 5.92 Å². The number of nitrogen functional groups attached to an aromatic ring is 1. The standard InChI is InChI=1S/C23H28F3N7O2/c1-34-3-2-31-11-17-7-16(31)12-32(17)20-8-18(29-22(30-20)33-10-13-4-15(33)5-13)14-6-19(21(27)28-9-14)35-23(24,25)26/h6,8-9,13,15-17H,2-5,7,10-12H2,1H3,(H2,27,28)/t13?,15?,16-,17-/m0/s1. The fourth-order valence-electron chi connectivity index (χ4n) is 5.94. The quantitative estimate of drug-likeness (QED) is 0.627. The summed E-state index contributed by atoms with van der Waals surface area (Å²) in [6, 6.07) is 4.28. The van der Waals surface area contributed by atoms with Crippen LogP contribution >= 0.6 is 0 Å². The highest BCUT2D eigenvalue weighted by Gasteiger charge is 2.46. The Labute approximate surface area is 201 Å². The lowest BCUT2D eigenvalue weighted by molar-refractivity contribution is -0.274. The molecule has 188 valence electrons. The van der Waals surface area contributed by atoms with Gasteiger partial charge < -0.3 is 25.0 Å². The van der Waals surface area contributed by atoms with Crippen molar-refractivity contribution >= 4 is 17.6 Å². The molecule has 4 saturated heterocycles. The molecule has 1 aliphatic carbocycles. The van der Waals surface area contributed by atoms with Crippen molar-refractivity contribution in [3.63, 3.8) is 0 Å². The molecule has 2 aromatic heterocycles. The van der Waals surface area contributed by atoms with Crippen molar-refractivity contribution < 1.29 is 22.6 Å². The fourth-order valence-corrected chi connectivity index (χ4v) is 5.94. The molecule has 2 atom stereocenters. The van der Waals surface area contributed by atoms with Gasteiger partial charge in [-0.25, -0.2) is 9.97 Å². The number of anilines is 3. The number of alkyl halides is 3. The number of pyridine rings is 1. The summed E-state index contributed by atoms with van der Waals surface area (Å²) >= 11 is 0. The van der Waals surface area contributed by atoms with Gasteiger partial charge in [-0.1, -0.05) is 0 Å². The van der Waals surface area contributed by atoms with E-state index in [9.17, 15) is 13.2 Å². The second-order valence-electron chi connectivity index (χ2n) is 9.89. The third kappa shape index (κ3) is 4.22. The highest BCUT2D eigenvalue weighted by Crippen LogP contribution is 2.44. The van der Waals surface area contributed by atoms with Crippen LogP contribution in [0.15, 0.2) is 18.3 Å². The molecule has 4 aliphatic heterocycles. The van der Waals surface area contributed by atoms with Crippen molar-refractivity contribution in [1.29, 1.82) is 0 Å². The Hall–Kier alpha value is -2.86. The van der Waals surface area contributed by atoms with E-state index < -0.39 is 12.1 Å². The number of rotatable bonds is 7. The van der Waals surface area contributed by atoms with Gasteiger partial charge in [-0.2, -0.15) is 4.98 Å². The molecule has 9 nitrogen and oxygen atoms in total. The molecule has 4 bridgehead atoms. The largest absolute Gasteiger partial charge is 0.573 e. The zero-order chi connectivity index (χ0) is 24.3. The minimum atomic E-state index is -4.86. The van der Waals surface area contributed by atoms with E-state index in [1.54, 1.807) is 7.11 Å². The number of fused-ring (bicyclic) bond motifs is 3. The van der Waals surface area contributed by atoms with Crippen LogP contribution < -0.4 is 20.3 Å². The van der Waals surface area contributed by atoms with Crippen LogP contribution in [0.4, 0.5) is 30.8 Å². The Morgan fingerprint density at radius 1 is 1.03 bits per heavy atom. The number of hydrogen-bond acceptors (Lipinski definition) is 9. The number of nitrogens with zero attached hydrogens (tertiary/aromatic N) is 6. The maximum absolute atomic E-state index is 12.9. The molecule has 0 spiro atoms. The summed E-state index contributed by atoms with van der Waals surface area (Å²) in [5.74, 6) is 1.22. The summed E-state index contributed by atoms with van der Waals surface area (Å²) < 4.78 is 48.0. The van der Waals surface area contributed by atoms with Gasteiger partial charge in [0.2, 0.25) is 5.95 Å². The number of hydrogen-bond donors (Lipinski definition) is 1.